The van der Waals surface area contributed by atoms with Gasteiger partial charge < -0.3 is 4.90 Å². The molecule has 34 heavy (non-hydrogen) atoms. The molecule has 9 heteroatoms. The van der Waals surface area contributed by atoms with E-state index in [-0.39, 0.29) is 5.91 Å². The summed E-state index contributed by atoms with van der Waals surface area (Å²) in [5.41, 5.74) is 4.16. The number of halogens is 1. The summed E-state index contributed by atoms with van der Waals surface area (Å²) in [5, 5.41) is 5.00. The van der Waals surface area contributed by atoms with Crippen molar-refractivity contribution in [2.75, 3.05) is 26.2 Å². The maximum Gasteiger partial charge on any atom is 0.252 e. The third-order valence-electron chi connectivity index (χ3n) is 6.45. The highest BCUT2D eigenvalue weighted by Crippen LogP contribution is 2.30. The Labute approximate surface area is 208 Å². The maximum atomic E-state index is 12.9. The van der Waals surface area contributed by atoms with Gasteiger partial charge in [-0.05, 0) is 55.7 Å². The lowest BCUT2D eigenvalue weighted by molar-refractivity contribution is -0.132. The Morgan fingerprint density at radius 1 is 1.12 bits per heavy atom. The van der Waals surface area contributed by atoms with Crippen molar-refractivity contribution in [3.05, 3.63) is 69.6 Å². The molecule has 1 aromatic carbocycles. The van der Waals surface area contributed by atoms with E-state index < -0.39 is 0 Å². The van der Waals surface area contributed by atoms with Gasteiger partial charge in [-0.1, -0.05) is 23.7 Å². The summed E-state index contributed by atoms with van der Waals surface area (Å²) in [4.78, 5) is 28.6. The quantitative estimate of drug-likeness (QED) is 0.397. The molecule has 0 unspecified atom stereocenters. The molecule has 1 aliphatic rings. The number of nitrogens with zero attached hydrogens (tertiary/aromatic N) is 6. The van der Waals surface area contributed by atoms with Crippen LogP contribution >= 0.6 is 22.9 Å². The van der Waals surface area contributed by atoms with Crippen molar-refractivity contribution in [3.63, 3.8) is 0 Å². The lowest BCUT2D eigenvalue weighted by atomic mass is 10.1. The molecule has 0 spiro atoms. The Kier molecular flexibility index (Phi) is 6.63. The highest BCUT2D eigenvalue weighted by Gasteiger charge is 2.22. The maximum absolute atomic E-state index is 12.9. The Morgan fingerprint density at radius 2 is 1.94 bits per heavy atom. The van der Waals surface area contributed by atoms with Crippen LogP contribution in [0, 0.1) is 13.8 Å². The summed E-state index contributed by atoms with van der Waals surface area (Å²) in [6, 6.07) is 12.3. The number of piperazine rings is 1. The number of hydrogen-bond acceptors (Lipinski definition) is 6. The predicted octanol–water partition coefficient (Wildman–Crippen LogP) is 4.40. The number of carbonyl (C=O) groups is 1. The van der Waals surface area contributed by atoms with Crippen LogP contribution in [0.1, 0.15) is 28.2 Å². The number of carbonyl (C=O) groups excluding carboxylic acids is 1. The first-order valence-electron chi connectivity index (χ1n) is 11.5. The van der Waals surface area contributed by atoms with Crippen LogP contribution in [0.5, 0.6) is 0 Å². The molecule has 4 aromatic rings. The van der Waals surface area contributed by atoms with Crippen molar-refractivity contribution in [3.8, 4) is 10.4 Å². The topological polar surface area (TPSA) is 66.6 Å². The molecule has 176 valence electrons. The van der Waals surface area contributed by atoms with Gasteiger partial charge in [0.2, 0.25) is 5.91 Å². The van der Waals surface area contributed by atoms with E-state index in [2.05, 4.69) is 38.2 Å². The molecule has 1 fully saturated rings. The number of fused-ring (bicyclic) bond motifs is 1. The smallest absolute Gasteiger partial charge is 0.252 e. The van der Waals surface area contributed by atoms with Gasteiger partial charge in [-0.3, -0.25) is 9.69 Å². The molecular weight excluding hydrogens is 468 g/mol. The van der Waals surface area contributed by atoms with E-state index in [4.69, 9.17) is 11.6 Å². The van der Waals surface area contributed by atoms with E-state index in [1.165, 1.54) is 16.1 Å². The normalized spacial score (nSPS) is 14.7. The first-order valence-corrected chi connectivity index (χ1v) is 12.7. The van der Waals surface area contributed by atoms with Crippen LogP contribution in [0.15, 0.2) is 42.7 Å². The summed E-state index contributed by atoms with van der Waals surface area (Å²) in [6.45, 7) is 8.21. The fraction of sp³-hybridized carbons (Fsp3) is 0.360. The lowest BCUT2D eigenvalue weighted by Gasteiger charge is -2.34. The van der Waals surface area contributed by atoms with Crippen LogP contribution in [0.2, 0.25) is 5.02 Å². The zero-order valence-electron chi connectivity index (χ0n) is 19.4. The fourth-order valence-electron chi connectivity index (χ4n) is 4.54. The largest absolute Gasteiger partial charge is 0.340 e. The van der Waals surface area contributed by atoms with Crippen molar-refractivity contribution >= 4 is 34.6 Å². The van der Waals surface area contributed by atoms with Crippen molar-refractivity contribution in [2.24, 2.45) is 0 Å². The molecule has 0 saturated carbocycles. The van der Waals surface area contributed by atoms with E-state index in [9.17, 15) is 4.79 Å². The molecule has 0 bridgehead atoms. The number of aromatic nitrogens is 4. The second kappa shape index (κ2) is 9.82. The first-order chi connectivity index (χ1) is 16.5. The van der Waals surface area contributed by atoms with Crippen molar-refractivity contribution < 1.29 is 4.79 Å². The van der Waals surface area contributed by atoms with Gasteiger partial charge >= 0.3 is 0 Å². The molecule has 0 radical (unpaired) electrons. The van der Waals surface area contributed by atoms with Crippen LogP contribution in [-0.2, 0) is 17.8 Å². The molecular formula is C25H27ClN6OS. The van der Waals surface area contributed by atoms with Gasteiger partial charge in [0.15, 0.2) is 0 Å². The minimum atomic E-state index is 0.205. The van der Waals surface area contributed by atoms with Crippen LogP contribution < -0.4 is 0 Å². The number of hydrogen-bond donors (Lipinski definition) is 0. The number of thiophene rings is 1. The van der Waals surface area contributed by atoms with Crippen LogP contribution in [0.4, 0.5) is 0 Å². The van der Waals surface area contributed by atoms with Crippen molar-refractivity contribution in [2.45, 2.75) is 33.2 Å². The number of amides is 1. The third-order valence-corrected chi connectivity index (χ3v) is 7.81. The third kappa shape index (κ3) is 4.85. The van der Waals surface area contributed by atoms with Crippen molar-refractivity contribution in [1.29, 1.82) is 0 Å². The average Bonchev–Trinajstić information content (AvgIpc) is 3.49. The molecule has 1 aliphatic heterocycles. The Hall–Kier alpha value is -2.81. The second-order valence-corrected chi connectivity index (χ2v) is 10.3. The summed E-state index contributed by atoms with van der Waals surface area (Å²) >= 11 is 7.95. The highest BCUT2D eigenvalue weighted by atomic mass is 35.5. The highest BCUT2D eigenvalue weighted by molar-refractivity contribution is 7.15. The summed E-state index contributed by atoms with van der Waals surface area (Å²) < 4.78 is 1.74. The molecule has 1 saturated heterocycles. The first kappa shape index (κ1) is 23.0. The zero-order valence-corrected chi connectivity index (χ0v) is 20.9. The van der Waals surface area contributed by atoms with E-state index in [0.717, 1.165) is 60.3 Å². The van der Waals surface area contributed by atoms with Gasteiger partial charge in [0.1, 0.15) is 6.33 Å². The molecule has 0 atom stereocenters. The van der Waals surface area contributed by atoms with Crippen LogP contribution in [0.3, 0.4) is 0 Å². The van der Waals surface area contributed by atoms with Crippen LogP contribution in [0.25, 0.3) is 16.2 Å². The molecule has 4 heterocycles. The summed E-state index contributed by atoms with van der Waals surface area (Å²) in [6.07, 6.45) is 2.66. The SMILES string of the molecule is Cc1nc2ncnn2c(C)c1CCC(=O)N1CCN(Cc2ccc(-c3cccc(Cl)c3)s2)CC1. The lowest BCUT2D eigenvalue weighted by Crippen LogP contribution is -2.48. The standard InChI is InChI=1S/C25H27ClN6OS/c1-17-22(18(2)32-25(29-17)27-16-28-32)7-9-24(33)31-12-10-30(11-13-31)15-21-6-8-23(34-21)19-4-3-5-20(26)14-19/h3-6,8,14,16H,7,9-13,15H2,1-2H3. The number of rotatable bonds is 6. The minimum Gasteiger partial charge on any atom is -0.340 e. The van der Waals surface area contributed by atoms with E-state index in [1.807, 2.05) is 36.9 Å². The Balaban J connectivity index is 1.13. The van der Waals surface area contributed by atoms with E-state index in [0.29, 0.717) is 18.6 Å². The monoisotopic (exact) mass is 494 g/mol. The number of aryl methyl sites for hydroxylation is 2. The summed E-state index contributed by atoms with van der Waals surface area (Å²) in [7, 11) is 0. The van der Waals surface area contributed by atoms with Gasteiger partial charge in [0, 0.05) is 65.3 Å². The van der Waals surface area contributed by atoms with E-state index >= 15 is 0 Å². The minimum absolute atomic E-state index is 0.205. The van der Waals surface area contributed by atoms with Crippen LogP contribution in [-0.4, -0.2) is 61.5 Å². The van der Waals surface area contributed by atoms with Gasteiger partial charge in [0.25, 0.3) is 5.78 Å². The van der Waals surface area contributed by atoms with E-state index in [1.54, 1.807) is 15.9 Å². The summed E-state index contributed by atoms with van der Waals surface area (Å²) in [5.74, 6) is 0.808. The zero-order chi connectivity index (χ0) is 23.7. The molecule has 3 aromatic heterocycles. The molecule has 0 aliphatic carbocycles. The fourth-order valence-corrected chi connectivity index (χ4v) is 5.78. The van der Waals surface area contributed by atoms with Gasteiger partial charge in [0.05, 0.1) is 0 Å². The Morgan fingerprint density at radius 3 is 2.74 bits per heavy atom. The van der Waals surface area contributed by atoms with Gasteiger partial charge in [-0.15, -0.1) is 11.3 Å². The van der Waals surface area contributed by atoms with Crippen molar-refractivity contribution in [1.82, 2.24) is 29.4 Å². The molecule has 0 N–H and O–H groups in total. The molecule has 1 amide bonds. The predicted molar refractivity (Wildman–Crippen MR) is 135 cm³/mol. The Bertz CT molecular complexity index is 1320. The van der Waals surface area contributed by atoms with Gasteiger partial charge in [-0.2, -0.15) is 10.1 Å². The molecule has 5 rings (SSSR count). The number of benzene rings is 1. The second-order valence-electron chi connectivity index (χ2n) is 8.67. The van der Waals surface area contributed by atoms with Gasteiger partial charge in [-0.25, -0.2) is 9.50 Å². The molecule has 7 nitrogen and oxygen atoms in total. The average molecular weight is 495 g/mol.